The molecule has 0 heterocycles. The van der Waals surface area contributed by atoms with E-state index in [-0.39, 0.29) is 0 Å². The predicted molar refractivity (Wildman–Crippen MR) is 75.0 cm³/mol. The average Bonchev–Trinajstić information content (AvgIpc) is 3.16. The molecule has 0 atom stereocenters. The van der Waals surface area contributed by atoms with Crippen molar-refractivity contribution >= 4 is 0 Å². The third-order valence-electron chi connectivity index (χ3n) is 3.90. The number of aryl methyl sites for hydroxylation is 1. The molecule has 1 aromatic rings. The third kappa shape index (κ3) is 3.24. The highest BCUT2D eigenvalue weighted by Crippen LogP contribution is 2.43. The number of nitrogens with two attached hydrogens (primary N) is 1. The van der Waals surface area contributed by atoms with E-state index >= 15 is 0 Å². The number of hydrogen-bond donors (Lipinski definition) is 2. The van der Waals surface area contributed by atoms with E-state index in [4.69, 9.17) is 10.5 Å². The summed E-state index contributed by atoms with van der Waals surface area (Å²) < 4.78 is 5.38. The second-order valence-corrected chi connectivity index (χ2v) is 5.45. The topological polar surface area (TPSA) is 47.3 Å². The highest BCUT2D eigenvalue weighted by atomic mass is 16.5. The third-order valence-corrected chi connectivity index (χ3v) is 3.90. The number of hydrogen-bond acceptors (Lipinski definition) is 3. The van der Waals surface area contributed by atoms with E-state index in [0.717, 1.165) is 31.8 Å². The molecular formula is C15H24N2O. The van der Waals surface area contributed by atoms with E-state index in [1.165, 1.54) is 24.0 Å². The summed E-state index contributed by atoms with van der Waals surface area (Å²) in [5.74, 6) is 0.988. The lowest BCUT2D eigenvalue weighted by atomic mass is 10.1. The highest BCUT2D eigenvalue weighted by Gasteiger charge is 2.40. The van der Waals surface area contributed by atoms with Gasteiger partial charge in [0.1, 0.15) is 5.75 Å². The number of rotatable bonds is 7. The number of ether oxygens (including phenoxy) is 1. The summed E-state index contributed by atoms with van der Waals surface area (Å²) in [4.78, 5) is 0. The van der Waals surface area contributed by atoms with Gasteiger partial charge in [0, 0.05) is 6.54 Å². The zero-order valence-corrected chi connectivity index (χ0v) is 11.5. The van der Waals surface area contributed by atoms with Gasteiger partial charge in [-0.3, -0.25) is 0 Å². The molecule has 0 unspecified atom stereocenters. The Bertz CT molecular complexity index is 399. The zero-order chi connectivity index (χ0) is 13.0. The zero-order valence-electron chi connectivity index (χ0n) is 11.5. The minimum atomic E-state index is 0.413. The van der Waals surface area contributed by atoms with Crippen LogP contribution in [0.1, 0.15) is 24.0 Å². The van der Waals surface area contributed by atoms with E-state index in [0.29, 0.717) is 5.41 Å². The molecular weight excluding hydrogens is 224 g/mol. The summed E-state index contributed by atoms with van der Waals surface area (Å²) in [5, 5.41) is 3.52. The Morgan fingerprint density at radius 2 is 2.17 bits per heavy atom. The number of methoxy groups -OCH3 is 1. The summed E-state index contributed by atoms with van der Waals surface area (Å²) >= 11 is 0. The predicted octanol–water partition coefficient (Wildman–Crippen LogP) is 1.87. The van der Waals surface area contributed by atoms with Crippen LogP contribution in [0.2, 0.25) is 0 Å². The van der Waals surface area contributed by atoms with Gasteiger partial charge in [0.25, 0.3) is 0 Å². The van der Waals surface area contributed by atoms with E-state index < -0.39 is 0 Å². The Morgan fingerprint density at radius 1 is 1.39 bits per heavy atom. The molecule has 2 rings (SSSR count). The summed E-state index contributed by atoms with van der Waals surface area (Å²) in [7, 11) is 1.73. The van der Waals surface area contributed by atoms with Gasteiger partial charge in [-0.25, -0.2) is 0 Å². The molecule has 0 aromatic heterocycles. The van der Waals surface area contributed by atoms with Crippen molar-refractivity contribution in [3.63, 3.8) is 0 Å². The van der Waals surface area contributed by atoms with Crippen molar-refractivity contribution in [1.29, 1.82) is 0 Å². The van der Waals surface area contributed by atoms with Crippen molar-refractivity contribution in [2.45, 2.75) is 26.2 Å². The second-order valence-electron chi connectivity index (χ2n) is 5.45. The summed E-state index contributed by atoms with van der Waals surface area (Å²) in [6, 6.07) is 6.34. The van der Waals surface area contributed by atoms with E-state index in [2.05, 4.69) is 24.4 Å². The first-order valence-electron chi connectivity index (χ1n) is 6.73. The monoisotopic (exact) mass is 248 g/mol. The minimum absolute atomic E-state index is 0.413. The molecule has 100 valence electrons. The lowest BCUT2D eigenvalue weighted by Gasteiger charge is -2.14. The maximum absolute atomic E-state index is 5.77. The molecule has 0 saturated heterocycles. The Kier molecular flexibility index (Phi) is 4.25. The lowest BCUT2D eigenvalue weighted by molar-refractivity contribution is 0.408. The maximum atomic E-state index is 5.77. The molecule has 3 nitrogen and oxygen atoms in total. The summed E-state index contributed by atoms with van der Waals surface area (Å²) in [6.45, 7) is 4.97. The summed E-state index contributed by atoms with van der Waals surface area (Å²) in [6.07, 6.45) is 3.57. The van der Waals surface area contributed by atoms with Crippen LogP contribution in [0.3, 0.4) is 0 Å². The quantitative estimate of drug-likeness (QED) is 0.724. The molecule has 1 saturated carbocycles. The molecule has 18 heavy (non-hydrogen) atoms. The molecule has 0 bridgehead atoms. The van der Waals surface area contributed by atoms with Gasteiger partial charge in [0.05, 0.1) is 7.11 Å². The van der Waals surface area contributed by atoms with Crippen molar-refractivity contribution in [3.05, 3.63) is 29.3 Å². The molecule has 0 aliphatic heterocycles. The van der Waals surface area contributed by atoms with Crippen LogP contribution in [0.5, 0.6) is 5.75 Å². The fraction of sp³-hybridized carbons (Fsp3) is 0.600. The van der Waals surface area contributed by atoms with Gasteiger partial charge in [-0.15, -0.1) is 0 Å². The molecule has 3 N–H and O–H groups in total. The van der Waals surface area contributed by atoms with Crippen LogP contribution < -0.4 is 15.8 Å². The van der Waals surface area contributed by atoms with Gasteiger partial charge in [-0.05, 0) is 56.3 Å². The van der Waals surface area contributed by atoms with Crippen molar-refractivity contribution in [3.8, 4) is 5.75 Å². The maximum Gasteiger partial charge on any atom is 0.122 e. The van der Waals surface area contributed by atoms with Crippen LogP contribution >= 0.6 is 0 Å². The first-order chi connectivity index (χ1) is 8.69. The van der Waals surface area contributed by atoms with E-state index in [1.807, 2.05) is 6.07 Å². The SMILES string of the molecule is COc1ccc(C)cc1CCNCC1(CN)CC1. The van der Waals surface area contributed by atoms with Crippen molar-refractivity contribution in [2.75, 3.05) is 26.7 Å². The van der Waals surface area contributed by atoms with Crippen molar-refractivity contribution in [2.24, 2.45) is 11.1 Å². The standard InChI is InChI=1S/C15H24N2O/c1-12-3-4-14(18-2)13(9-12)5-8-17-11-15(10-16)6-7-15/h3-4,9,17H,5-8,10-11,16H2,1-2H3. The number of benzene rings is 1. The van der Waals surface area contributed by atoms with Crippen LogP contribution in [0.25, 0.3) is 0 Å². The smallest absolute Gasteiger partial charge is 0.122 e. The fourth-order valence-corrected chi connectivity index (χ4v) is 2.31. The van der Waals surface area contributed by atoms with Crippen LogP contribution in [0.15, 0.2) is 18.2 Å². The fourth-order valence-electron chi connectivity index (χ4n) is 2.31. The molecule has 0 spiro atoms. The normalized spacial score (nSPS) is 16.6. The van der Waals surface area contributed by atoms with Gasteiger partial charge in [0.2, 0.25) is 0 Å². The van der Waals surface area contributed by atoms with Crippen LogP contribution in [0, 0.1) is 12.3 Å². The van der Waals surface area contributed by atoms with Gasteiger partial charge in [-0.1, -0.05) is 17.7 Å². The van der Waals surface area contributed by atoms with Gasteiger partial charge in [-0.2, -0.15) is 0 Å². The van der Waals surface area contributed by atoms with Crippen molar-refractivity contribution < 1.29 is 4.74 Å². The largest absolute Gasteiger partial charge is 0.496 e. The Labute approximate surface area is 110 Å². The Hall–Kier alpha value is -1.06. The molecule has 0 amide bonds. The van der Waals surface area contributed by atoms with Gasteiger partial charge in [0.15, 0.2) is 0 Å². The molecule has 1 fully saturated rings. The molecule has 1 aromatic carbocycles. The first-order valence-corrected chi connectivity index (χ1v) is 6.73. The first kappa shape index (κ1) is 13.4. The second kappa shape index (κ2) is 5.72. The highest BCUT2D eigenvalue weighted by molar-refractivity contribution is 5.37. The van der Waals surface area contributed by atoms with Gasteiger partial charge < -0.3 is 15.8 Å². The average molecular weight is 248 g/mol. The molecule has 0 radical (unpaired) electrons. The Balaban J connectivity index is 1.80. The minimum Gasteiger partial charge on any atom is -0.496 e. The lowest BCUT2D eigenvalue weighted by Crippen LogP contribution is -2.30. The van der Waals surface area contributed by atoms with Crippen LogP contribution in [0.4, 0.5) is 0 Å². The van der Waals surface area contributed by atoms with Crippen molar-refractivity contribution in [1.82, 2.24) is 5.32 Å². The molecule has 3 heteroatoms. The van der Waals surface area contributed by atoms with E-state index in [9.17, 15) is 0 Å². The number of nitrogens with one attached hydrogen (secondary N) is 1. The van der Waals surface area contributed by atoms with Crippen LogP contribution in [-0.2, 0) is 6.42 Å². The van der Waals surface area contributed by atoms with Crippen LogP contribution in [-0.4, -0.2) is 26.7 Å². The molecule has 1 aliphatic rings. The Morgan fingerprint density at radius 3 is 2.78 bits per heavy atom. The van der Waals surface area contributed by atoms with Gasteiger partial charge >= 0.3 is 0 Å². The summed E-state index contributed by atoms with van der Waals surface area (Å²) in [5.41, 5.74) is 8.74. The molecule has 1 aliphatic carbocycles. The van der Waals surface area contributed by atoms with E-state index in [1.54, 1.807) is 7.11 Å².